The summed E-state index contributed by atoms with van der Waals surface area (Å²) in [5, 5.41) is 3.66. The smallest absolute Gasteiger partial charge is 0.242 e. The van der Waals surface area contributed by atoms with Crippen LogP contribution in [-0.4, -0.2) is 37.0 Å². The highest BCUT2D eigenvalue weighted by atomic mass is 32.2. The van der Waals surface area contributed by atoms with Gasteiger partial charge in [0.25, 0.3) is 0 Å². The zero-order valence-electron chi connectivity index (χ0n) is 12.8. The van der Waals surface area contributed by atoms with Crippen LogP contribution in [0.4, 0.5) is 0 Å². The first-order chi connectivity index (χ1) is 9.92. The summed E-state index contributed by atoms with van der Waals surface area (Å²) in [4.78, 5) is 3.36. The molecule has 2 unspecified atom stereocenters. The van der Waals surface area contributed by atoms with E-state index in [0.29, 0.717) is 22.7 Å². The van der Waals surface area contributed by atoms with Crippen molar-refractivity contribution in [1.82, 2.24) is 15.0 Å². The number of hydrogen-bond acceptors (Lipinski definition) is 4. The number of thioether (sulfide) groups is 1. The van der Waals surface area contributed by atoms with E-state index in [-0.39, 0.29) is 6.04 Å². The Hall–Kier alpha value is -0.500. The minimum Gasteiger partial charge on any atom is -0.363 e. The van der Waals surface area contributed by atoms with E-state index in [0.717, 1.165) is 25.0 Å². The fourth-order valence-corrected chi connectivity index (χ4v) is 4.95. The number of rotatable bonds is 7. The monoisotopic (exact) mass is 331 g/mol. The van der Waals surface area contributed by atoms with Crippen molar-refractivity contribution >= 4 is 21.8 Å². The Morgan fingerprint density at radius 1 is 1.43 bits per heavy atom. The van der Waals surface area contributed by atoms with Crippen molar-refractivity contribution in [2.75, 3.05) is 6.26 Å². The van der Waals surface area contributed by atoms with E-state index in [1.54, 1.807) is 24.0 Å². The zero-order chi connectivity index (χ0) is 15.5. The van der Waals surface area contributed by atoms with E-state index in [1.165, 1.54) is 0 Å². The van der Waals surface area contributed by atoms with E-state index in [4.69, 9.17) is 0 Å². The molecule has 0 amide bonds. The number of sulfonamides is 1. The molecule has 1 aromatic rings. The fraction of sp³-hybridized carbons (Fsp3) is 0.714. The van der Waals surface area contributed by atoms with E-state index < -0.39 is 10.0 Å². The number of hydrogen-bond donors (Lipinski definition) is 3. The Bertz CT molecular complexity index is 554. The van der Waals surface area contributed by atoms with Crippen molar-refractivity contribution in [3.8, 4) is 0 Å². The second-order valence-electron chi connectivity index (χ2n) is 5.83. The Labute approximate surface area is 131 Å². The van der Waals surface area contributed by atoms with Crippen molar-refractivity contribution in [2.45, 2.75) is 61.9 Å². The molecule has 0 aromatic carbocycles. The Morgan fingerprint density at radius 2 is 2.19 bits per heavy atom. The molecular weight excluding hydrogens is 306 g/mol. The first-order valence-electron chi connectivity index (χ1n) is 7.38. The summed E-state index contributed by atoms with van der Waals surface area (Å²) in [5.41, 5.74) is 0.886. The molecular formula is C14H25N3O2S2. The molecule has 21 heavy (non-hydrogen) atoms. The predicted octanol–water partition coefficient (Wildman–Crippen LogP) is 2.08. The van der Waals surface area contributed by atoms with Crippen molar-refractivity contribution in [3.63, 3.8) is 0 Å². The minimum absolute atomic E-state index is 0.0529. The Kier molecular flexibility index (Phi) is 5.76. The SMILES string of the molecule is CSC1CCCC1NS(=O)(=O)c1c[nH]c(CNC(C)C)c1. The highest BCUT2D eigenvalue weighted by Crippen LogP contribution is 2.29. The second-order valence-corrected chi connectivity index (χ2v) is 8.62. The summed E-state index contributed by atoms with van der Waals surface area (Å²) in [5.74, 6) is 0. The maximum absolute atomic E-state index is 12.4. The van der Waals surface area contributed by atoms with E-state index in [2.05, 4.69) is 28.9 Å². The molecule has 1 aliphatic carbocycles. The van der Waals surface area contributed by atoms with Gasteiger partial charge in [-0.3, -0.25) is 0 Å². The topological polar surface area (TPSA) is 74.0 Å². The summed E-state index contributed by atoms with van der Waals surface area (Å²) in [6, 6.07) is 2.13. The lowest BCUT2D eigenvalue weighted by Crippen LogP contribution is -2.38. The molecule has 0 spiro atoms. The molecule has 120 valence electrons. The first-order valence-corrected chi connectivity index (χ1v) is 10.2. The van der Waals surface area contributed by atoms with Crippen LogP contribution >= 0.6 is 11.8 Å². The molecule has 1 aromatic heterocycles. The average molecular weight is 332 g/mol. The number of aromatic amines is 1. The molecule has 1 heterocycles. The van der Waals surface area contributed by atoms with Crippen LogP contribution in [0.25, 0.3) is 0 Å². The third-order valence-corrected chi connectivity index (χ3v) is 6.43. The molecule has 7 heteroatoms. The van der Waals surface area contributed by atoms with Gasteiger partial charge in [-0.15, -0.1) is 0 Å². The van der Waals surface area contributed by atoms with E-state index in [9.17, 15) is 8.42 Å². The van der Waals surface area contributed by atoms with Gasteiger partial charge in [0.2, 0.25) is 10.0 Å². The standard InChI is InChI=1S/C14H25N3O2S2/c1-10(2)15-8-11-7-12(9-16-11)21(18,19)17-13-5-4-6-14(13)20-3/h7,9-10,13-17H,4-6,8H2,1-3H3. The second kappa shape index (κ2) is 7.17. The van der Waals surface area contributed by atoms with Crippen molar-refractivity contribution in [3.05, 3.63) is 18.0 Å². The maximum Gasteiger partial charge on any atom is 0.242 e. The van der Waals surface area contributed by atoms with E-state index >= 15 is 0 Å². The molecule has 1 fully saturated rings. The molecule has 3 N–H and O–H groups in total. The number of nitrogens with one attached hydrogen (secondary N) is 3. The van der Waals surface area contributed by atoms with Crippen LogP contribution in [0.2, 0.25) is 0 Å². The minimum atomic E-state index is -3.43. The first kappa shape index (κ1) is 16.9. The lowest BCUT2D eigenvalue weighted by atomic mass is 10.3. The molecule has 1 saturated carbocycles. The van der Waals surface area contributed by atoms with Crippen LogP contribution in [-0.2, 0) is 16.6 Å². The quantitative estimate of drug-likeness (QED) is 0.715. The highest BCUT2D eigenvalue weighted by Gasteiger charge is 2.31. The van der Waals surface area contributed by atoms with Crippen molar-refractivity contribution in [2.24, 2.45) is 0 Å². The molecule has 0 aliphatic heterocycles. The molecule has 1 aliphatic rings. The molecule has 0 radical (unpaired) electrons. The maximum atomic E-state index is 12.4. The van der Waals surface area contributed by atoms with Crippen molar-refractivity contribution < 1.29 is 8.42 Å². The number of aromatic nitrogens is 1. The molecule has 0 bridgehead atoms. The number of H-pyrrole nitrogens is 1. The summed E-state index contributed by atoms with van der Waals surface area (Å²) in [6.07, 6.45) is 6.73. The molecule has 5 nitrogen and oxygen atoms in total. The average Bonchev–Trinajstić information content (AvgIpc) is 3.04. The van der Waals surface area contributed by atoms with Gasteiger partial charge < -0.3 is 10.3 Å². The Balaban J connectivity index is 2.02. The van der Waals surface area contributed by atoms with Crippen LogP contribution < -0.4 is 10.0 Å². The largest absolute Gasteiger partial charge is 0.363 e. The van der Waals surface area contributed by atoms with Gasteiger partial charge in [-0.05, 0) is 25.2 Å². The van der Waals surface area contributed by atoms with Crippen LogP contribution in [0.15, 0.2) is 17.2 Å². The van der Waals surface area contributed by atoms with Gasteiger partial charge in [0, 0.05) is 35.8 Å². The van der Waals surface area contributed by atoms with Crippen LogP contribution in [0.5, 0.6) is 0 Å². The van der Waals surface area contributed by atoms with Crippen LogP contribution in [0.1, 0.15) is 38.8 Å². The van der Waals surface area contributed by atoms with Gasteiger partial charge in [-0.1, -0.05) is 20.3 Å². The van der Waals surface area contributed by atoms with Gasteiger partial charge >= 0.3 is 0 Å². The summed E-state index contributed by atoms with van der Waals surface area (Å²) < 4.78 is 27.7. The fourth-order valence-electron chi connectivity index (χ4n) is 2.60. The van der Waals surface area contributed by atoms with Crippen LogP contribution in [0.3, 0.4) is 0 Å². The summed E-state index contributed by atoms with van der Waals surface area (Å²) in [6.45, 7) is 4.76. The van der Waals surface area contributed by atoms with Gasteiger partial charge in [0.05, 0.1) is 4.90 Å². The predicted molar refractivity (Wildman–Crippen MR) is 88.0 cm³/mol. The van der Waals surface area contributed by atoms with Gasteiger partial charge in [0.1, 0.15) is 0 Å². The molecule has 0 saturated heterocycles. The normalized spacial score (nSPS) is 23.0. The third kappa shape index (κ3) is 4.48. The summed E-state index contributed by atoms with van der Waals surface area (Å²) in [7, 11) is -3.43. The summed E-state index contributed by atoms with van der Waals surface area (Å²) >= 11 is 1.75. The molecule has 2 rings (SSSR count). The van der Waals surface area contributed by atoms with Gasteiger partial charge in [-0.2, -0.15) is 11.8 Å². The third-order valence-electron chi connectivity index (χ3n) is 3.79. The zero-order valence-corrected chi connectivity index (χ0v) is 14.5. The highest BCUT2D eigenvalue weighted by molar-refractivity contribution is 7.99. The Morgan fingerprint density at radius 3 is 2.86 bits per heavy atom. The van der Waals surface area contributed by atoms with Gasteiger partial charge in [-0.25, -0.2) is 13.1 Å². The van der Waals surface area contributed by atoms with Gasteiger partial charge in [0.15, 0.2) is 0 Å². The lowest BCUT2D eigenvalue weighted by molar-refractivity contribution is 0.555. The lowest BCUT2D eigenvalue weighted by Gasteiger charge is -2.18. The molecule has 2 atom stereocenters. The van der Waals surface area contributed by atoms with Crippen molar-refractivity contribution in [1.29, 1.82) is 0 Å². The van der Waals surface area contributed by atoms with Crippen LogP contribution in [0, 0.1) is 0 Å². The van der Waals surface area contributed by atoms with E-state index in [1.807, 2.05) is 6.26 Å².